The summed E-state index contributed by atoms with van der Waals surface area (Å²) in [4.78, 5) is 67.4. The molecule has 3 aliphatic carbocycles. The number of hydrogen-bond acceptors (Lipinski definition) is 11. The second-order valence-electron chi connectivity index (χ2n) is 15.4. The molecule has 1 aromatic carbocycles. The number of nitrogens with one attached hydrogen (secondary N) is 3. The molecule has 3 fully saturated rings. The van der Waals surface area contributed by atoms with Crippen molar-refractivity contribution in [3.05, 3.63) is 66.6 Å². The van der Waals surface area contributed by atoms with Crippen LogP contribution < -0.4 is 20.1 Å². The Morgan fingerprint density at radius 1 is 1.04 bits per heavy atom. The molecule has 3 N–H and O–H groups in total. The maximum Gasteiger partial charge on any atom is 0.408 e. The highest BCUT2D eigenvalue weighted by Gasteiger charge is 2.62. The highest BCUT2D eigenvalue weighted by atomic mass is 32.2. The van der Waals surface area contributed by atoms with Crippen molar-refractivity contribution in [1.82, 2.24) is 30.2 Å². The molecule has 0 radical (unpaired) electrons. The van der Waals surface area contributed by atoms with E-state index in [-0.39, 0.29) is 31.4 Å². The third-order valence-corrected chi connectivity index (χ3v) is 13.0. The van der Waals surface area contributed by atoms with Gasteiger partial charge in [0.1, 0.15) is 35.5 Å². The number of carbonyl (C=O) groups is 4. The molecule has 1 unspecified atom stereocenters. The first kappa shape index (κ1) is 37.5. The molecule has 5 atom stereocenters. The number of thiophene rings is 1. The summed E-state index contributed by atoms with van der Waals surface area (Å²) in [5, 5.41) is 6.82. The number of likely N-dealkylation sites (tertiary alicyclic amines) is 1. The molecule has 286 valence electrons. The molecule has 54 heavy (non-hydrogen) atoms. The van der Waals surface area contributed by atoms with Crippen LogP contribution in [0.3, 0.4) is 0 Å². The molecule has 3 aromatic rings. The van der Waals surface area contributed by atoms with Crippen LogP contribution in [0.25, 0.3) is 21.6 Å². The van der Waals surface area contributed by atoms with E-state index >= 15 is 0 Å². The van der Waals surface area contributed by atoms with E-state index in [1.165, 1.54) is 22.3 Å². The Balaban J connectivity index is 1.18. The summed E-state index contributed by atoms with van der Waals surface area (Å²) >= 11 is 1.46. The van der Waals surface area contributed by atoms with Crippen LogP contribution in [0.5, 0.6) is 5.88 Å². The van der Waals surface area contributed by atoms with Gasteiger partial charge in [-0.1, -0.05) is 57.2 Å². The SMILES string of the molecule is C=C[C@@H]1CC1(NC(=O)[C@@H]1C[C@@H](Oc2nc3ccccc3nc2-c2cccs2)CN1C(=O)[C@@H](NC(=O)OC1CC=CC1)C(C)(C)C)C(=O)NS(=O)(=O)C1CC1. The largest absolute Gasteiger partial charge is 0.471 e. The van der Waals surface area contributed by atoms with Gasteiger partial charge in [0, 0.05) is 25.2 Å². The first-order valence-corrected chi connectivity index (χ1v) is 20.5. The van der Waals surface area contributed by atoms with Gasteiger partial charge in [-0.2, -0.15) is 0 Å². The summed E-state index contributed by atoms with van der Waals surface area (Å²) in [6, 6.07) is 8.88. The lowest BCUT2D eigenvalue weighted by atomic mass is 9.85. The zero-order valence-corrected chi connectivity index (χ0v) is 32.0. The Morgan fingerprint density at radius 3 is 2.35 bits per heavy atom. The Hall–Kier alpha value is -4.83. The number of carbonyl (C=O) groups excluding carboxylic acids is 4. The van der Waals surface area contributed by atoms with Crippen LogP contribution in [0.15, 0.2) is 66.6 Å². The average molecular weight is 777 g/mol. The molecule has 0 spiro atoms. The van der Waals surface area contributed by atoms with E-state index in [0.717, 1.165) is 4.88 Å². The molecule has 1 aliphatic heterocycles. The number of alkyl carbamates (subject to hydrolysis) is 1. The number of hydrogen-bond donors (Lipinski definition) is 3. The zero-order valence-electron chi connectivity index (χ0n) is 30.3. The highest BCUT2D eigenvalue weighted by molar-refractivity contribution is 7.91. The monoisotopic (exact) mass is 776 g/mol. The highest BCUT2D eigenvalue weighted by Crippen LogP contribution is 2.46. The van der Waals surface area contributed by atoms with Crippen LogP contribution in [0.1, 0.15) is 59.3 Å². The van der Waals surface area contributed by atoms with Crippen LogP contribution in [0.4, 0.5) is 4.79 Å². The third kappa shape index (κ3) is 7.71. The number of rotatable bonds is 12. The molecular weight excluding hydrogens is 733 g/mol. The van der Waals surface area contributed by atoms with Crippen molar-refractivity contribution >= 4 is 56.2 Å². The third-order valence-electron chi connectivity index (χ3n) is 10.3. The van der Waals surface area contributed by atoms with Crippen molar-refractivity contribution in [2.75, 3.05) is 6.54 Å². The summed E-state index contributed by atoms with van der Waals surface area (Å²) in [5.74, 6) is -2.37. The summed E-state index contributed by atoms with van der Waals surface area (Å²) in [7, 11) is -3.91. The smallest absolute Gasteiger partial charge is 0.408 e. The second kappa shape index (κ2) is 14.4. The molecular formula is C38H44N6O8S2. The lowest BCUT2D eigenvalue weighted by Gasteiger charge is -2.35. The minimum Gasteiger partial charge on any atom is -0.471 e. The van der Waals surface area contributed by atoms with Crippen molar-refractivity contribution in [1.29, 1.82) is 0 Å². The van der Waals surface area contributed by atoms with Crippen LogP contribution in [-0.2, 0) is 29.1 Å². The van der Waals surface area contributed by atoms with Gasteiger partial charge in [-0.15, -0.1) is 17.9 Å². The number of benzene rings is 1. The molecule has 7 rings (SSSR count). The average Bonchev–Trinajstić information content (AvgIpc) is 3.88. The second-order valence-corrected chi connectivity index (χ2v) is 18.3. The Kier molecular flexibility index (Phi) is 10.0. The molecule has 4 amide bonds. The number of nitrogens with zero attached hydrogens (tertiary/aromatic N) is 3. The van der Waals surface area contributed by atoms with Crippen molar-refractivity contribution in [2.45, 2.75) is 94.4 Å². The molecule has 16 heteroatoms. The molecule has 2 saturated carbocycles. The summed E-state index contributed by atoms with van der Waals surface area (Å²) in [6.45, 7) is 9.10. The predicted octanol–water partition coefficient (Wildman–Crippen LogP) is 4.24. The van der Waals surface area contributed by atoms with Crippen molar-refractivity contribution in [3.63, 3.8) is 0 Å². The van der Waals surface area contributed by atoms with Crippen LogP contribution >= 0.6 is 11.3 Å². The molecule has 1 saturated heterocycles. The van der Waals surface area contributed by atoms with E-state index in [0.29, 0.717) is 42.4 Å². The van der Waals surface area contributed by atoms with Crippen molar-refractivity contribution in [2.24, 2.45) is 11.3 Å². The number of fused-ring (bicyclic) bond motifs is 1. The Morgan fingerprint density at radius 2 is 1.74 bits per heavy atom. The fourth-order valence-electron chi connectivity index (χ4n) is 7.00. The van der Waals surface area contributed by atoms with Gasteiger partial charge in [-0.05, 0) is 48.3 Å². The van der Waals surface area contributed by atoms with Crippen molar-refractivity contribution < 1.29 is 37.1 Å². The lowest BCUT2D eigenvalue weighted by Crippen LogP contribution is -2.60. The summed E-state index contributed by atoms with van der Waals surface area (Å²) in [6.07, 6.45) is 5.69. The first-order chi connectivity index (χ1) is 25.7. The van der Waals surface area contributed by atoms with E-state index in [1.54, 1.807) is 20.8 Å². The van der Waals surface area contributed by atoms with Gasteiger partial charge in [-0.3, -0.25) is 19.1 Å². The van der Waals surface area contributed by atoms with Gasteiger partial charge in [0.25, 0.3) is 5.91 Å². The quantitative estimate of drug-likeness (QED) is 0.225. The minimum absolute atomic E-state index is 0.00183. The number of amides is 4. The van der Waals surface area contributed by atoms with Gasteiger partial charge in [-0.25, -0.2) is 23.2 Å². The zero-order chi connectivity index (χ0) is 38.4. The number of sulfonamides is 1. The van der Waals surface area contributed by atoms with Crippen LogP contribution in [0.2, 0.25) is 0 Å². The van der Waals surface area contributed by atoms with Gasteiger partial charge in [0.15, 0.2) is 0 Å². The van der Waals surface area contributed by atoms with E-state index in [9.17, 15) is 27.6 Å². The molecule has 0 bridgehead atoms. The fourth-order valence-corrected chi connectivity index (χ4v) is 9.07. The Bertz CT molecular complexity index is 2100. The maximum absolute atomic E-state index is 14.6. The molecule has 2 aromatic heterocycles. The maximum atomic E-state index is 14.6. The molecule has 14 nitrogen and oxygen atoms in total. The molecule has 4 aliphatic rings. The Labute approximate surface area is 317 Å². The predicted molar refractivity (Wildman–Crippen MR) is 202 cm³/mol. The number of aromatic nitrogens is 2. The van der Waals surface area contributed by atoms with E-state index in [2.05, 4.69) is 21.9 Å². The number of ether oxygens (including phenoxy) is 2. The minimum atomic E-state index is -3.91. The fraction of sp³-hybridized carbons (Fsp3) is 0.474. The van der Waals surface area contributed by atoms with Gasteiger partial charge in [0.2, 0.25) is 27.7 Å². The number of para-hydroxylation sites is 2. The van der Waals surface area contributed by atoms with E-state index in [1.807, 2.05) is 53.9 Å². The molecule has 3 heterocycles. The normalized spacial score (nSPS) is 24.5. The topological polar surface area (TPSA) is 186 Å². The summed E-state index contributed by atoms with van der Waals surface area (Å²) in [5.41, 5.74) is -0.609. The van der Waals surface area contributed by atoms with Crippen molar-refractivity contribution in [3.8, 4) is 16.5 Å². The van der Waals surface area contributed by atoms with Gasteiger partial charge >= 0.3 is 6.09 Å². The first-order valence-electron chi connectivity index (χ1n) is 18.1. The van der Waals surface area contributed by atoms with Gasteiger partial charge < -0.3 is 25.0 Å². The lowest BCUT2D eigenvalue weighted by molar-refractivity contribution is -0.143. The van der Waals surface area contributed by atoms with Crippen LogP contribution in [0, 0.1) is 11.3 Å². The standard InChI is InChI=1S/C38H44N6O8S2/c1-5-22-20-38(22,35(47)43-54(49,50)25-16-17-25)42-32(45)28-19-24(51-33-30(29-15-10-18-53-29)39-26-13-8-9-14-27(26)40-33)21-44(28)34(46)31(37(2,3)4)41-36(48)52-23-11-6-7-12-23/h5-10,13-15,18,22-25,28,31H,1,11-12,16-17,19-21H2,2-4H3,(H,41,48)(H,42,45)(H,43,47)/t22-,24-,28+,31-,38?/m1/s1. The van der Waals surface area contributed by atoms with Crippen LogP contribution in [-0.4, -0.2) is 88.7 Å². The van der Waals surface area contributed by atoms with Gasteiger partial charge in [0.05, 0.1) is 27.7 Å². The van der Waals surface area contributed by atoms with E-state index in [4.69, 9.17) is 19.4 Å². The summed E-state index contributed by atoms with van der Waals surface area (Å²) < 4.78 is 39.8. The van der Waals surface area contributed by atoms with E-state index < -0.39 is 74.1 Å².